The lowest BCUT2D eigenvalue weighted by Crippen LogP contribution is -2.42. The number of imidazole rings is 1. The number of likely N-dealkylation sites (tertiary alicyclic amines) is 1. The highest BCUT2D eigenvalue weighted by atomic mass is 16.5. The van der Waals surface area contributed by atoms with Gasteiger partial charge >= 0.3 is 5.97 Å². The topological polar surface area (TPSA) is 87.7 Å². The van der Waals surface area contributed by atoms with E-state index < -0.39 is 12.1 Å². The molecule has 31 heavy (non-hydrogen) atoms. The SMILES string of the molecule is COC(=O)c1cccc(O[C@@H]2C[C@@H]3CN(Cc4nc5ccccc5[nH]4)C[C@@H]3C[C@H]2O)c1. The van der Waals surface area contributed by atoms with E-state index in [1.54, 1.807) is 18.2 Å². The molecule has 1 saturated carbocycles. The van der Waals surface area contributed by atoms with Gasteiger partial charge in [-0.25, -0.2) is 9.78 Å². The van der Waals surface area contributed by atoms with Crippen LogP contribution in [0.2, 0.25) is 0 Å². The van der Waals surface area contributed by atoms with Gasteiger partial charge in [-0.2, -0.15) is 0 Å². The van der Waals surface area contributed by atoms with Gasteiger partial charge in [0.25, 0.3) is 0 Å². The lowest BCUT2D eigenvalue weighted by atomic mass is 9.78. The number of nitrogens with one attached hydrogen (secondary N) is 1. The summed E-state index contributed by atoms with van der Waals surface area (Å²) in [7, 11) is 1.36. The molecule has 0 bridgehead atoms. The number of H-pyrrole nitrogens is 1. The summed E-state index contributed by atoms with van der Waals surface area (Å²) in [5, 5.41) is 10.7. The first-order valence-corrected chi connectivity index (χ1v) is 10.8. The van der Waals surface area contributed by atoms with Crippen LogP contribution in [0, 0.1) is 11.8 Å². The van der Waals surface area contributed by atoms with Crippen molar-refractivity contribution < 1.29 is 19.4 Å². The number of ether oxygens (including phenoxy) is 2. The number of methoxy groups -OCH3 is 1. The number of aromatic nitrogens is 2. The zero-order chi connectivity index (χ0) is 21.4. The molecule has 4 atom stereocenters. The predicted molar refractivity (Wildman–Crippen MR) is 116 cm³/mol. The van der Waals surface area contributed by atoms with Crippen LogP contribution < -0.4 is 4.74 Å². The van der Waals surface area contributed by atoms with Crippen molar-refractivity contribution in [1.29, 1.82) is 0 Å². The number of nitrogens with zero attached hydrogens (tertiary/aromatic N) is 2. The third-order valence-electron chi connectivity index (χ3n) is 6.51. The summed E-state index contributed by atoms with van der Waals surface area (Å²) in [6, 6.07) is 15.0. The molecule has 2 fully saturated rings. The zero-order valence-electron chi connectivity index (χ0n) is 17.5. The van der Waals surface area contributed by atoms with E-state index in [-0.39, 0.29) is 6.10 Å². The Kier molecular flexibility index (Phi) is 5.38. The Morgan fingerprint density at radius 2 is 1.97 bits per heavy atom. The maximum absolute atomic E-state index is 11.8. The van der Waals surface area contributed by atoms with Crippen LogP contribution in [0.3, 0.4) is 0 Å². The number of hydrogen-bond donors (Lipinski definition) is 2. The van der Waals surface area contributed by atoms with Crippen molar-refractivity contribution in [3.8, 4) is 5.75 Å². The number of esters is 1. The van der Waals surface area contributed by atoms with E-state index in [9.17, 15) is 9.90 Å². The van der Waals surface area contributed by atoms with E-state index in [2.05, 4.69) is 9.88 Å². The molecule has 7 heteroatoms. The highest BCUT2D eigenvalue weighted by Crippen LogP contribution is 2.38. The summed E-state index contributed by atoms with van der Waals surface area (Å²) in [5.41, 5.74) is 2.50. The molecule has 2 aromatic carbocycles. The highest BCUT2D eigenvalue weighted by Gasteiger charge is 2.42. The minimum absolute atomic E-state index is 0.278. The van der Waals surface area contributed by atoms with E-state index >= 15 is 0 Å². The number of fused-ring (bicyclic) bond motifs is 2. The van der Waals surface area contributed by atoms with Crippen LogP contribution in [-0.4, -0.2) is 58.4 Å². The van der Waals surface area contributed by atoms with Crippen LogP contribution in [0.5, 0.6) is 5.75 Å². The number of rotatable bonds is 5. The van der Waals surface area contributed by atoms with Crippen LogP contribution in [0.1, 0.15) is 29.0 Å². The normalized spacial score (nSPS) is 26.0. The first kappa shape index (κ1) is 20.0. The average Bonchev–Trinajstić information content (AvgIpc) is 3.36. The molecular weight excluding hydrogens is 394 g/mol. The van der Waals surface area contributed by atoms with Gasteiger partial charge in [-0.05, 0) is 55.0 Å². The van der Waals surface area contributed by atoms with Crippen molar-refractivity contribution in [2.75, 3.05) is 20.2 Å². The second-order valence-corrected chi connectivity index (χ2v) is 8.63. The van der Waals surface area contributed by atoms with Gasteiger partial charge in [-0.15, -0.1) is 0 Å². The van der Waals surface area contributed by atoms with Crippen LogP contribution >= 0.6 is 0 Å². The Morgan fingerprint density at radius 1 is 1.16 bits per heavy atom. The largest absolute Gasteiger partial charge is 0.488 e. The second kappa shape index (κ2) is 8.32. The van der Waals surface area contributed by atoms with E-state index in [4.69, 9.17) is 14.5 Å². The average molecular weight is 421 g/mol. The summed E-state index contributed by atoms with van der Waals surface area (Å²) < 4.78 is 10.9. The third-order valence-corrected chi connectivity index (χ3v) is 6.51. The molecule has 2 heterocycles. The molecular formula is C24H27N3O4. The Bertz CT molecular complexity index is 1050. The summed E-state index contributed by atoms with van der Waals surface area (Å²) in [4.78, 5) is 22.3. The molecule has 1 aliphatic carbocycles. The Balaban J connectivity index is 1.23. The number of para-hydroxylation sites is 2. The molecule has 2 aliphatic rings. The fourth-order valence-corrected chi connectivity index (χ4v) is 5.02. The smallest absolute Gasteiger partial charge is 0.337 e. The molecule has 0 amide bonds. The van der Waals surface area contributed by atoms with Crippen molar-refractivity contribution in [3.05, 3.63) is 59.9 Å². The molecule has 0 unspecified atom stereocenters. The number of aliphatic hydroxyl groups is 1. The van der Waals surface area contributed by atoms with E-state index in [1.807, 2.05) is 30.3 Å². The summed E-state index contributed by atoms with van der Waals surface area (Å²) in [6.45, 7) is 2.71. The lowest BCUT2D eigenvalue weighted by molar-refractivity contribution is -0.0231. The summed E-state index contributed by atoms with van der Waals surface area (Å²) in [5.74, 6) is 2.10. The zero-order valence-corrected chi connectivity index (χ0v) is 17.5. The minimum Gasteiger partial charge on any atom is -0.488 e. The molecule has 1 aromatic heterocycles. The first-order valence-electron chi connectivity index (χ1n) is 10.8. The number of hydrogen-bond acceptors (Lipinski definition) is 6. The molecule has 0 radical (unpaired) electrons. The first-order chi connectivity index (χ1) is 15.1. The predicted octanol–water partition coefficient (Wildman–Crippen LogP) is 3.00. The van der Waals surface area contributed by atoms with Crippen molar-refractivity contribution >= 4 is 17.0 Å². The Hall–Kier alpha value is -2.90. The molecule has 1 aliphatic heterocycles. The van der Waals surface area contributed by atoms with Gasteiger partial charge in [0, 0.05) is 13.1 Å². The molecule has 1 saturated heterocycles. The van der Waals surface area contributed by atoms with E-state index in [0.29, 0.717) is 23.1 Å². The Morgan fingerprint density at radius 3 is 2.77 bits per heavy atom. The van der Waals surface area contributed by atoms with E-state index in [0.717, 1.165) is 49.3 Å². The van der Waals surface area contributed by atoms with Crippen LogP contribution in [0.15, 0.2) is 48.5 Å². The van der Waals surface area contributed by atoms with Gasteiger partial charge in [0.15, 0.2) is 0 Å². The highest BCUT2D eigenvalue weighted by molar-refractivity contribution is 5.89. The minimum atomic E-state index is -0.519. The molecule has 2 N–H and O–H groups in total. The fraction of sp³-hybridized carbons (Fsp3) is 0.417. The lowest BCUT2D eigenvalue weighted by Gasteiger charge is -2.35. The summed E-state index contributed by atoms with van der Waals surface area (Å²) in [6.07, 6.45) is 0.725. The van der Waals surface area contributed by atoms with Crippen molar-refractivity contribution in [1.82, 2.24) is 14.9 Å². The molecule has 3 aromatic rings. The monoisotopic (exact) mass is 421 g/mol. The van der Waals surface area contributed by atoms with E-state index in [1.165, 1.54) is 7.11 Å². The second-order valence-electron chi connectivity index (χ2n) is 8.63. The molecule has 7 nitrogen and oxygen atoms in total. The van der Waals surface area contributed by atoms with Gasteiger partial charge in [0.2, 0.25) is 0 Å². The molecule has 5 rings (SSSR count). The maximum atomic E-state index is 11.8. The number of carbonyl (C=O) groups excluding carboxylic acids is 1. The number of aromatic amines is 1. The fourth-order valence-electron chi connectivity index (χ4n) is 5.02. The maximum Gasteiger partial charge on any atom is 0.337 e. The van der Waals surface area contributed by atoms with Crippen molar-refractivity contribution in [2.24, 2.45) is 11.8 Å². The van der Waals surface area contributed by atoms with Gasteiger partial charge < -0.3 is 19.6 Å². The van der Waals surface area contributed by atoms with Gasteiger partial charge in [-0.3, -0.25) is 4.90 Å². The van der Waals surface area contributed by atoms with Crippen LogP contribution in [-0.2, 0) is 11.3 Å². The third kappa shape index (κ3) is 4.16. The number of aliphatic hydroxyl groups excluding tert-OH is 1. The standard InChI is InChI=1S/C24H27N3O4/c1-30-24(29)15-5-4-6-18(9-15)31-22-11-17-13-27(12-16(17)10-21(22)28)14-23-25-19-7-2-3-8-20(19)26-23/h2-9,16-17,21-22,28H,10-14H2,1H3,(H,25,26)/t16-,17+,21+,22+/m0/s1. The molecule has 0 spiro atoms. The van der Waals surface area contributed by atoms with Crippen molar-refractivity contribution in [3.63, 3.8) is 0 Å². The van der Waals surface area contributed by atoms with Gasteiger partial charge in [0.05, 0.1) is 36.4 Å². The van der Waals surface area contributed by atoms with Crippen LogP contribution in [0.25, 0.3) is 11.0 Å². The molecule has 162 valence electrons. The van der Waals surface area contributed by atoms with Crippen molar-refractivity contribution in [2.45, 2.75) is 31.6 Å². The number of benzene rings is 2. The Labute approximate surface area is 181 Å². The quantitative estimate of drug-likeness (QED) is 0.616. The summed E-state index contributed by atoms with van der Waals surface area (Å²) >= 11 is 0. The number of carbonyl (C=O) groups is 1. The van der Waals surface area contributed by atoms with Gasteiger partial charge in [0.1, 0.15) is 17.7 Å². The van der Waals surface area contributed by atoms with Crippen LogP contribution in [0.4, 0.5) is 0 Å². The van der Waals surface area contributed by atoms with Gasteiger partial charge in [-0.1, -0.05) is 18.2 Å².